The average Bonchev–Trinajstić information content (AvgIpc) is 2.74. The Morgan fingerprint density at radius 2 is 2.06 bits per heavy atom. The predicted molar refractivity (Wildman–Crippen MR) is 75.6 cm³/mol. The Morgan fingerprint density at radius 1 is 1.12 bits per heavy atom. The quantitative estimate of drug-likeness (QED) is 0.654. The number of fused-ring (bicyclic) bond motifs is 1. The molecule has 2 aromatic rings. The first kappa shape index (κ1) is 9.98. The predicted octanol–water partition coefficient (Wildman–Crippen LogP) is 5.07. The maximum Gasteiger partial charge on any atom is 0.0318 e. The number of hydrogen-bond donors (Lipinski definition) is 0. The molecule has 0 nitrogen and oxygen atoms in total. The van der Waals surface area contributed by atoms with Crippen molar-refractivity contribution in [1.82, 2.24) is 0 Å². The Hall–Kier alpha value is -0.990. The van der Waals surface area contributed by atoms with Crippen LogP contribution >= 0.6 is 27.7 Å². The molecule has 3 aliphatic rings. The van der Waals surface area contributed by atoms with Gasteiger partial charge in [0.25, 0.3) is 0 Å². The van der Waals surface area contributed by atoms with Gasteiger partial charge in [-0.15, -0.1) is 0 Å². The first-order valence-corrected chi connectivity index (χ1v) is 7.22. The van der Waals surface area contributed by atoms with Crippen molar-refractivity contribution in [3.63, 3.8) is 0 Å². The monoisotopic (exact) mass is 300 g/mol. The molecule has 2 aromatic carbocycles. The SMILES string of the molecule is Brc1cc2c3cc1Sc1cccc(c1)C2C=C3. The Labute approximate surface area is 113 Å². The maximum absolute atomic E-state index is 3.68. The summed E-state index contributed by atoms with van der Waals surface area (Å²) in [6.45, 7) is 0. The van der Waals surface area contributed by atoms with Crippen LogP contribution in [0.25, 0.3) is 6.08 Å². The van der Waals surface area contributed by atoms with Crippen molar-refractivity contribution in [2.45, 2.75) is 15.7 Å². The zero-order valence-electron chi connectivity index (χ0n) is 8.98. The summed E-state index contributed by atoms with van der Waals surface area (Å²) in [5, 5.41) is 0. The van der Waals surface area contributed by atoms with E-state index in [2.05, 4.69) is 64.5 Å². The fourth-order valence-corrected chi connectivity index (χ4v) is 4.11. The third-order valence-corrected chi connectivity index (χ3v) is 5.35. The molecule has 0 spiro atoms. The average molecular weight is 301 g/mol. The lowest BCUT2D eigenvalue weighted by atomic mass is 9.93. The number of halogens is 1. The smallest absolute Gasteiger partial charge is 0.0318 e. The lowest BCUT2D eigenvalue weighted by Crippen LogP contribution is -1.95. The van der Waals surface area contributed by atoms with Crippen LogP contribution in [0.2, 0.25) is 0 Å². The summed E-state index contributed by atoms with van der Waals surface area (Å²) in [7, 11) is 0. The Kier molecular flexibility index (Phi) is 2.06. The zero-order chi connectivity index (χ0) is 11.4. The molecular weight excluding hydrogens is 292 g/mol. The molecule has 2 heterocycles. The van der Waals surface area contributed by atoms with Gasteiger partial charge in [-0.05, 0) is 56.9 Å². The van der Waals surface area contributed by atoms with Gasteiger partial charge in [0, 0.05) is 20.2 Å². The fraction of sp³-hybridized carbons (Fsp3) is 0.0667. The molecule has 0 saturated heterocycles. The summed E-state index contributed by atoms with van der Waals surface area (Å²) in [5.74, 6) is 0.425. The van der Waals surface area contributed by atoms with E-state index in [1.807, 2.05) is 11.8 Å². The number of rotatable bonds is 0. The van der Waals surface area contributed by atoms with Crippen molar-refractivity contribution >= 4 is 33.8 Å². The highest BCUT2D eigenvalue weighted by atomic mass is 79.9. The molecule has 0 radical (unpaired) electrons. The second-order valence-electron chi connectivity index (χ2n) is 4.42. The van der Waals surface area contributed by atoms with E-state index in [1.165, 1.54) is 31.0 Å². The lowest BCUT2D eigenvalue weighted by molar-refractivity contribution is 1.04. The molecular formula is C15H9BrS. The minimum Gasteiger partial charge on any atom is -0.0889 e. The van der Waals surface area contributed by atoms with Crippen molar-refractivity contribution < 1.29 is 0 Å². The van der Waals surface area contributed by atoms with Crippen molar-refractivity contribution in [3.05, 3.63) is 63.6 Å². The number of benzene rings is 2. The Balaban J connectivity index is 2.10. The standard InChI is InChI=1S/C15H9BrS/c16-14-8-13-10-4-5-12(13)9-2-1-3-11(6-9)17-15(14)7-10/h1-8,12H. The molecule has 1 unspecified atom stereocenters. The molecule has 1 atom stereocenters. The van der Waals surface area contributed by atoms with Gasteiger partial charge in [0.2, 0.25) is 0 Å². The summed E-state index contributed by atoms with van der Waals surface area (Å²) >= 11 is 5.51. The van der Waals surface area contributed by atoms with Gasteiger partial charge < -0.3 is 0 Å². The summed E-state index contributed by atoms with van der Waals surface area (Å²) in [5.41, 5.74) is 4.17. The van der Waals surface area contributed by atoms with Crippen LogP contribution < -0.4 is 0 Å². The molecule has 17 heavy (non-hydrogen) atoms. The first-order chi connectivity index (χ1) is 8.31. The second kappa shape index (κ2) is 3.50. The molecule has 5 rings (SSSR count). The topological polar surface area (TPSA) is 0 Å². The van der Waals surface area contributed by atoms with Gasteiger partial charge >= 0.3 is 0 Å². The van der Waals surface area contributed by atoms with Gasteiger partial charge in [-0.3, -0.25) is 0 Å². The second-order valence-corrected chi connectivity index (χ2v) is 6.39. The molecule has 0 saturated carbocycles. The van der Waals surface area contributed by atoms with Crippen LogP contribution in [0.3, 0.4) is 0 Å². The maximum atomic E-state index is 3.68. The van der Waals surface area contributed by atoms with E-state index < -0.39 is 0 Å². The van der Waals surface area contributed by atoms with Crippen molar-refractivity contribution in [2.24, 2.45) is 0 Å². The largest absolute Gasteiger partial charge is 0.0889 e. The lowest BCUT2D eigenvalue weighted by Gasteiger charge is -2.11. The summed E-state index contributed by atoms with van der Waals surface area (Å²) < 4.78 is 1.21. The summed E-state index contributed by atoms with van der Waals surface area (Å²) in [4.78, 5) is 2.62. The van der Waals surface area contributed by atoms with Crippen molar-refractivity contribution in [1.29, 1.82) is 0 Å². The Morgan fingerprint density at radius 3 is 3.00 bits per heavy atom. The first-order valence-electron chi connectivity index (χ1n) is 5.61. The van der Waals surface area contributed by atoms with Crippen LogP contribution in [0, 0.1) is 0 Å². The highest BCUT2D eigenvalue weighted by molar-refractivity contribution is 9.10. The van der Waals surface area contributed by atoms with Gasteiger partial charge in [-0.25, -0.2) is 0 Å². The third kappa shape index (κ3) is 1.44. The third-order valence-electron chi connectivity index (χ3n) is 3.39. The van der Waals surface area contributed by atoms with Crippen LogP contribution in [-0.2, 0) is 0 Å². The number of hydrogen-bond acceptors (Lipinski definition) is 1. The molecule has 0 aromatic heterocycles. The van der Waals surface area contributed by atoms with Gasteiger partial charge in [-0.2, -0.15) is 0 Å². The molecule has 1 aliphatic carbocycles. The van der Waals surface area contributed by atoms with Crippen LogP contribution in [0.5, 0.6) is 0 Å². The fourth-order valence-electron chi connectivity index (χ4n) is 2.57. The Bertz CT molecular complexity index is 658. The minimum atomic E-state index is 0.425. The normalized spacial score (nSPS) is 19.0. The van der Waals surface area contributed by atoms with Crippen LogP contribution in [0.4, 0.5) is 0 Å². The molecule has 0 fully saturated rings. The molecule has 2 aliphatic heterocycles. The van der Waals surface area contributed by atoms with Crippen LogP contribution in [0.15, 0.2) is 56.7 Å². The van der Waals surface area contributed by atoms with Crippen molar-refractivity contribution in [2.75, 3.05) is 0 Å². The van der Waals surface area contributed by atoms with E-state index >= 15 is 0 Å². The highest BCUT2D eigenvalue weighted by Gasteiger charge is 2.23. The molecule has 6 bridgehead atoms. The van der Waals surface area contributed by atoms with Gasteiger partial charge in [0.05, 0.1) is 0 Å². The zero-order valence-corrected chi connectivity index (χ0v) is 11.4. The van der Waals surface area contributed by atoms with E-state index in [9.17, 15) is 0 Å². The minimum absolute atomic E-state index is 0.425. The molecule has 82 valence electrons. The molecule has 0 N–H and O–H groups in total. The van der Waals surface area contributed by atoms with E-state index in [0.717, 1.165) is 0 Å². The van der Waals surface area contributed by atoms with Crippen LogP contribution in [-0.4, -0.2) is 0 Å². The number of allylic oxidation sites excluding steroid dienone is 1. The van der Waals surface area contributed by atoms with E-state index in [4.69, 9.17) is 0 Å². The summed E-state index contributed by atoms with van der Waals surface area (Å²) in [6.07, 6.45) is 4.55. The molecule has 0 amide bonds. The van der Waals surface area contributed by atoms with E-state index in [-0.39, 0.29) is 0 Å². The van der Waals surface area contributed by atoms with Gasteiger partial charge in [-0.1, -0.05) is 36.0 Å². The summed E-state index contributed by atoms with van der Waals surface area (Å²) in [6, 6.07) is 13.4. The van der Waals surface area contributed by atoms with Gasteiger partial charge in [0.15, 0.2) is 0 Å². The van der Waals surface area contributed by atoms with E-state index in [0.29, 0.717) is 5.92 Å². The van der Waals surface area contributed by atoms with Gasteiger partial charge in [0.1, 0.15) is 0 Å². The highest BCUT2D eigenvalue weighted by Crippen LogP contribution is 2.45. The van der Waals surface area contributed by atoms with Crippen molar-refractivity contribution in [3.8, 4) is 0 Å². The van der Waals surface area contributed by atoms with Crippen LogP contribution in [0.1, 0.15) is 22.6 Å². The molecule has 2 heteroatoms. The van der Waals surface area contributed by atoms with E-state index in [1.54, 1.807) is 0 Å².